The molecule has 0 unspecified atom stereocenters. The van der Waals surface area contributed by atoms with Gasteiger partial charge in [0.25, 0.3) is 0 Å². The highest BCUT2D eigenvalue weighted by molar-refractivity contribution is 6.01. The molecule has 4 aliphatic carbocycles. The maximum atomic E-state index is 17.5. The third-order valence-corrected chi connectivity index (χ3v) is 15.8. The van der Waals surface area contributed by atoms with E-state index in [-0.39, 0.29) is 31.7 Å². The van der Waals surface area contributed by atoms with Crippen LogP contribution in [0.4, 0.5) is 4.39 Å². The molecule has 4 aliphatic rings. The van der Waals surface area contributed by atoms with Gasteiger partial charge in [0.2, 0.25) is 5.78 Å². The number of ketones is 2. The topological polar surface area (TPSA) is 180 Å². The van der Waals surface area contributed by atoms with Crippen molar-refractivity contribution in [2.75, 3.05) is 19.8 Å². The maximum Gasteiger partial charge on any atom is 0.306 e. The van der Waals surface area contributed by atoms with Gasteiger partial charge in [0.1, 0.15) is 18.8 Å². The third kappa shape index (κ3) is 15.3. The quantitative estimate of drug-likeness (QED) is 0.0282. The van der Waals surface area contributed by atoms with Crippen molar-refractivity contribution in [3.8, 4) is 0 Å². The van der Waals surface area contributed by atoms with Crippen LogP contribution in [-0.4, -0.2) is 89.0 Å². The van der Waals surface area contributed by atoms with E-state index < -0.39 is 108 Å². The lowest BCUT2D eigenvalue weighted by Gasteiger charge is -2.62. The summed E-state index contributed by atoms with van der Waals surface area (Å²) in [6.07, 6.45) is 28.6. The molecule has 0 aromatic heterocycles. The molecule has 3 fully saturated rings. The zero-order chi connectivity index (χ0) is 50.5. The summed E-state index contributed by atoms with van der Waals surface area (Å²) >= 11 is 0. The Morgan fingerprint density at radius 2 is 1.28 bits per heavy atom. The summed E-state index contributed by atoms with van der Waals surface area (Å²) in [5.74, 6) is -5.44. The minimum absolute atomic E-state index is 0.172. The van der Waals surface area contributed by atoms with Gasteiger partial charge in [-0.05, 0) is 102 Å². The van der Waals surface area contributed by atoms with Crippen molar-refractivity contribution in [2.45, 2.75) is 219 Å². The Morgan fingerprint density at radius 1 is 0.739 bits per heavy atom. The first kappa shape index (κ1) is 57.6. The van der Waals surface area contributed by atoms with Crippen LogP contribution in [-0.2, 0) is 47.7 Å². The molecule has 12 nitrogen and oxygen atoms in total. The van der Waals surface area contributed by atoms with Crippen molar-refractivity contribution in [3.63, 3.8) is 0 Å². The van der Waals surface area contributed by atoms with Gasteiger partial charge in [-0.25, -0.2) is 4.39 Å². The molecule has 9 atom stereocenters. The molecule has 3 saturated carbocycles. The fourth-order valence-corrected chi connectivity index (χ4v) is 11.7. The molecule has 0 spiro atoms. The van der Waals surface area contributed by atoms with E-state index in [0.29, 0.717) is 37.7 Å². The van der Waals surface area contributed by atoms with Crippen molar-refractivity contribution in [1.29, 1.82) is 0 Å². The predicted octanol–water partition coefficient (Wildman–Crippen LogP) is 10.8. The van der Waals surface area contributed by atoms with Gasteiger partial charge >= 0.3 is 23.9 Å². The van der Waals surface area contributed by atoms with Crippen LogP contribution in [0.15, 0.2) is 48.1 Å². The largest absolute Gasteiger partial charge is 0.462 e. The van der Waals surface area contributed by atoms with E-state index >= 15 is 4.39 Å². The monoisotopic (exact) mass is 969 g/mol. The number of hydrogen-bond donors (Lipinski definition) is 2. The smallest absolute Gasteiger partial charge is 0.306 e. The summed E-state index contributed by atoms with van der Waals surface area (Å²) in [6, 6.07) is 0. The number of hydrogen-bond acceptors (Lipinski definition) is 12. The molecular formula is C56H85FO12. The van der Waals surface area contributed by atoms with E-state index in [1.165, 1.54) is 31.4 Å². The number of Topliss-reactive ketones (excluding diaryl/α,β-unsaturated/α-hetero) is 1. The number of aliphatic hydroxyl groups excluding tert-OH is 1. The van der Waals surface area contributed by atoms with Crippen LogP contribution in [0.1, 0.15) is 195 Å². The fraction of sp³-hybridized carbons (Fsp3) is 0.750. The number of allylic oxidation sites excluding steroid dienone is 8. The number of carbonyl (C=O) groups is 6. The van der Waals surface area contributed by atoms with E-state index in [9.17, 15) is 39.0 Å². The van der Waals surface area contributed by atoms with Gasteiger partial charge in [-0.2, -0.15) is 0 Å². The van der Waals surface area contributed by atoms with Crippen LogP contribution >= 0.6 is 0 Å². The van der Waals surface area contributed by atoms with Gasteiger partial charge in [0, 0.05) is 29.6 Å². The predicted molar refractivity (Wildman–Crippen MR) is 262 cm³/mol. The second-order valence-corrected chi connectivity index (χ2v) is 20.7. The number of ether oxygens (including phenoxy) is 4. The van der Waals surface area contributed by atoms with Gasteiger partial charge in [0.15, 0.2) is 24.2 Å². The lowest BCUT2D eigenvalue weighted by atomic mass is 9.44. The van der Waals surface area contributed by atoms with Gasteiger partial charge < -0.3 is 29.2 Å². The zero-order valence-corrected chi connectivity index (χ0v) is 42.6. The number of halogens is 1. The molecule has 0 radical (unpaired) electrons. The van der Waals surface area contributed by atoms with Crippen LogP contribution in [0.3, 0.4) is 0 Å². The summed E-state index contributed by atoms with van der Waals surface area (Å²) in [5.41, 5.74) is -6.00. The van der Waals surface area contributed by atoms with E-state index in [0.717, 1.165) is 77.0 Å². The minimum atomic E-state index is -2.13. The van der Waals surface area contributed by atoms with Crippen molar-refractivity contribution in [2.24, 2.45) is 28.6 Å². The molecular weight excluding hydrogens is 884 g/mol. The summed E-state index contributed by atoms with van der Waals surface area (Å²) in [7, 11) is 0. The summed E-state index contributed by atoms with van der Waals surface area (Å²) in [5, 5.41) is 23.8. The van der Waals surface area contributed by atoms with Crippen molar-refractivity contribution in [3.05, 3.63) is 48.1 Å². The van der Waals surface area contributed by atoms with E-state index in [1.807, 2.05) is 0 Å². The standard InChI is InChI=1S/C56H85FO12/c1-6-8-10-12-14-15-16-17-18-19-20-21-22-24-25-27-49(61)66-38-44(69-52(64)28-26-23-13-11-9-7-2)39-67-50(62)31-32-51(63)68-40-48(60)56(65)41(3)35-46-45-30-29-42-36-43(58)33-34-53(42,4)55(45,57)47(59)37-54(46,56)5/h14-15,17-18,33-34,36,41,44-47,59,65H,6-13,16,19-32,35,37-40H2,1-5H3/b15-14-,18-17-/t41-,44-,45+,46+,47+,53+,54+,55+,56+/m1/s1. The maximum absolute atomic E-state index is 17.5. The van der Waals surface area contributed by atoms with Gasteiger partial charge in [-0.3, -0.25) is 28.8 Å². The highest BCUT2D eigenvalue weighted by atomic mass is 19.1. The fourth-order valence-electron chi connectivity index (χ4n) is 11.7. The Bertz CT molecular complexity index is 1840. The van der Waals surface area contributed by atoms with E-state index in [2.05, 4.69) is 38.2 Å². The lowest BCUT2D eigenvalue weighted by Crippen LogP contribution is -2.69. The van der Waals surface area contributed by atoms with Crippen molar-refractivity contribution < 1.29 is 62.3 Å². The van der Waals surface area contributed by atoms with Crippen LogP contribution in [0.25, 0.3) is 0 Å². The number of esters is 4. The number of carbonyl (C=O) groups excluding carboxylic acids is 6. The summed E-state index contributed by atoms with van der Waals surface area (Å²) in [6.45, 7) is 7.98. The second-order valence-electron chi connectivity index (χ2n) is 20.7. The molecule has 0 aromatic rings. The average molecular weight is 969 g/mol. The molecule has 2 N–H and O–H groups in total. The SMILES string of the molecule is CCCCC/C=C\C/C=C\CCCCCCCC(=O)OC[C@H](COC(=O)CCC(=O)OCC(=O)[C@@]1(O)[C@H](C)C[C@H]2[C@@H]3CCC4=CC(=O)C=C[C@]4(C)[C@@]3(F)[C@@H](O)C[C@@]21C)OC(=O)CCCCCCCC. The zero-order valence-electron chi connectivity index (χ0n) is 42.6. The van der Waals surface area contributed by atoms with Gasteiger partial charge in [-0.1, -0.05) is 128 Å². The lowest BCUT2D eigenvalue weighted by molar-refractivity contribution is -0.220. The van der Waals surface area contributed by atoms with Crippen LogP contribution in [0.5, 0.6) is 0 Å². The number of aliphatic hydroxyl groups is 2. The first-order chi connectivity index (χ1) is 33.0. The number of unbranched alkanes of at least 4 members (excludes halogenated alkanes) is 13. The first-order valence-corrected chi connectivity index (χ1v) is 26.5. The molecule has 69 heavy (non-hydrogen) atoms. The molecule has 0 bridgehead atoms. The van der Waals surface area contributed by atoms with Crippen molar-refractivity contribution >= 4 is 35.4 Å². The molecule has 13 heteroatoms. The Labute approximate surface area is 411 Å². The minimum Gasteiger partial charge on any atom is -0.462 e. The highest BCUT2D eigenvalue weighted by Crippen LogP contribution is 2.70. The average Bonchev–Trinajstić information content (AvgIpc) is 3.52. The van der Waals surface area contributed by atoms with Gasteiger partial charge in [-0.15, -0.1) is 0 Å². The molecule has 388 valence electrons. The summed E-state index contributed by atoms with van der Waals surface area (Å²) in [4.78, 5) is 77.1. The molecule has 0 amide bonds. The number of alkyl halides is 1. The highest BCUT2D eigenvalue weighted by Gasteiger charge is 2.75. The molecule has 0 saturated heterocycles. The second kappa shape index (κ2) is 28.2. The van der Waals surface area contributed by atoms with Crippen molar-refractivity contribution in [1.82, 2.24) is 0 Å². The number of fused-ring (bicyclic) bond motifs is 5. The molecule has 4 rings (SSSR count). The third-order valence-electron chi connectivity index (χ3n) is 15.8. The van der Waals surface area contributed by atoms with E-state index in [1.54, 1.807) is 26.8 Å². The molecule has 0 aliphatic heterocycles. The van der Waals surface area contributed by atoms with Crippen LogP contribution in [0, 0.1) is 28.6 Å². The Balaban J connectivity index is 1.20. The Morgan fingerprint density at radius 3 is 1.91 bits per heavy atom. The normalized spacial score (nSPS) is 28.7. The van der Waals surface area contributed by atoms with Crippen LogP contribution in [0.2, 0.25) is 0 Å². The first-order valence-electron chi connectivity index (χ1n) is 26.5. The van der Waals surface area contributed by atoms with Gasteiger partial charge in [0.05, 0.1) is 18.9 Å². The Kier molecular flexibility index (Phi) is 23.5. The van der Waals surface area contributed by atoms with E-state index in [4.69, 9.17) is 18.9 Å². The Hall–Kier alpha value is -3.97. The molecule has 0 aromatic carbocycles. The summed E-state index contributed by atoms with van der Waals surface area (Å²) < 4.78 is 39.2. The number of rotatable bonds is 32. The molecule has 0 heterocycles. The van der Waals surface area contributed by atoms with Crippen LogP contribution < -0.4 is 0 Å².